The predicted octanol–water partition coefficient (Wildman–Crippen LogP) is 8.72. The van der Waals surface area contributed by atoms with Gasteiger partial charge in [-0.3, -0.25) is 33.8 Å². The average molecular weight is 1190 g/mol. The number of hydrogen-bond donors (Lipinski definition) is 2. The van der Waals surface area contributed by atoms with Gasteiger partial charge in [-0.25, -0.2) is 19.2 Å². The number of ether oxygens (including phenoxy) is 5. The number of rotatable bonds is 9. The fraction of sp³-hybridized carbons (Fsp3) is 0.259. The topological polar surface area (TPSA) is 251 Å². The molecule has 2 N–H and O–H groups in total. The number of hydrogen-bond acceptors (Lipinski definition) is 15. The number of carbonyl (C=O) groups is 7. The summed E-state index contributed by atoms with van der Waals surface area (Å²) in [7, 11) is 5.89. The number of hydrazone groups is 1. The van der Waals surface area contributed by atoms with Crippen molar-refractivity contribution in [2.24, 2.45) is 20.0 Å². The molecule has 1 aliphatic heterocycles. The monoisotopic (exact) mass is 1190 g/mol. The van der Waals surface area contributed by atoms with Gasteiger partial charge in [-0.15, -0.1) is 28.4 Å². The van der Waals surface area contributed by atoms with E-state index < -0.39 is 35.5 Å². The van der Waals surface area contributed by atoms with Gasteiger partial charge in [0.15, 0.2) is 0 Å². The van der Waals surface area contributed by atoms with Crippen molar-refractivity contribution in [1.82, 2.24) is 29.6 Å². The molecule has 20 nitrogen and oxygen atoms in total. The largest absolute Gasteiger partial charge is 0.575 e. The van der Waals surface area contributed by atoms with Crippen molar-refractivity contribution in [1.29, 1.82) is 0 Å². The average Bonchev–Trinajstić information content (AvgIpc) is 4.26. The van der Waals surface area contributed by atoms with E-state index >= 15 is 0 Å². The Kier molecular flexibility index (Phi) is 29.7. The summed E-state index contributed by atoms with van der Waals surface area (Å²) in [5.41, 5.74) is 0.907. The van der Waals surface area contributed by atoms with Crippen LogP contribution in [0, 0.1) is 5.92 Å². The normalized spacial score (nSPS) is 12.2. The minimum Gasteiger partial charge on any atom is -0.465 e. The first-order chi connectivity index (χ1) is 39.5. The maximum absolute atomic E-state index is 11.6. The molecule has 1 saturated carbocycles. The number of alkyl halides is 3. The van der Waals surface area contributed by atoms with Gasteiger partial charge >= 0.3 is 36.2 Å². The van der Waals surface area contributed by atoms with E-state index in [9.17, 15) is 46.7 Å². The van der Waals surface area contributed by atoms with Crippen LogP contribution in [0.1, 0.15) is 89.1 Å². The summed E-state index contributed by atoms with van der Waals surface area (Å²) in [4.78, 5) is 91.0. The third-order valence-electron chi connectivity index (χ3n) is 10.7. The Hall–Kier alpha value is -9.22. The second-order valence-corrected chi connectivity index (χ2v) is 18.2. The van der Waals surface area contributed by atoms with Crippen LogP contribution >= 0.6 is 23.2 Å². The Morgan fingerprint density at radius 2 is 1.29 bits per heavy atom. The van der Waals surface area contributed by atoms with Crippen molar-refractivity contribution >= 4 is 71.0 Å². The van der Waals surface area contributed by atoms with Crippen LogP contribution in [0.5, 0.6) is 17.4 Å². The lowest BCUT2D eigenvalue weighted by atomic mass is 9.91. The fourth-order valence-electron chi connectivity index (χ4n) is 6.71. The van der Waals surface area contributed by atoms with Crippen LogP contribution in [-0.2, 0) is 49.2 Å². The van der Waals surface area contributed by atoms with Crippen molar-refractivity contribution in [3.8, 4) is 17.4 Å². The minimum absolute atomic E-state index is 0.0577. The second-order valence-electron chi connectivity index (χ2n) is 17.4. The van der Waals surface area contributed by atoms with E-state index in [4.69, 9.17) is 42.2 Å². The molecule has 0 unspecified atom stereocenters. The summed E-state index contributed by atoms with van der Waals surface area (Å²) < 4.78 is 59.9. The Balaban J connectivity index is 0.000000262. The molecular weight excluding hydrogens is 1130 g/mol. The van der Waals surface area contributed by atoms with Crippen molar-refractivity contribution < 1.29 is 75.5 Å². The number of H-pyrrole nitrogens is 1. The lowest BCUT2D eigenvalue weighted by Gasteiger charge is -2.15. The molecule has 0 radical (unpaired) electrons. The van der Waals surface area contributed by atoms with Crippen LogP contribution in [0.15, 0.2) is 157 Å². The number of carbonyl (C=O) groups excluding carboxylic acids is 7. The van der Waals surface area contributed by atoms with Crippen molar-refractivity contribution in [3.63, 3.8) is 0 Å². The second kappa shape index (κ2) is 36.2. The maximum atomic E-state index is 11.6. The van der Waals surface area contributed by atoms with Crippen molar-refractivity contribution in [2.45, 2.75) is 65.2 Å². The number of pyridine rings is 1. The summed E-state index contributed by atoms with van der Waals surface area (Å²) in [5.74, 6) is -1.15. The zero-order chi connectivity index (χ0) is 61.3. The number of hydrazine groups is 1. The van der Waals surface area contributed by atoms with E-state index in [1.165, 1.54) is 76.5 Å². The summed E-state index contributed by atoms with van der Waals surface area (Å²) >= 11 is 11.3. The number of amides is 1. The molecule has 4 aromatic carbocycles. The highest BCUT2D eigenvalue weighted by atomic mass is 35.5. The Morgan fingerprint density at radius 3 is 1.76 bits per heavy atom. The van der Waals surface area contributed by atoms with Crippen LogP contribution in [0.3, 0.4) is 0 Å². The van der Waals surface area contributed by atoms with Crippen LogP contribution in [-0.4, -0.2) is 97.8 Å². The van der Waals surface area contributed by atoms with Gasteiger partial charge in [0.25, 0.3) is 17.2 Å². The maximum Gasteiger partial charge on any atom is 0.575 e. The number of aromatic nitrogens is 5. The number of aldehydes is 1. The number of esters is 5. The van der Waals surface area contributed by atoms with Gasteiger partial charge in [0, 0.05) is 48.7 Å². The van der Waals surface area contributed by atoms with Gasteiger partial charge in [-0.2, -0.15) is 0 Å². The summed E-state index contributed by atoms with van der Waals surface area (Å²) in [6.07, 6.45) is 8.31. The number of aryl methyl sites for hydroxylation is 2. The zero-order valence-corrected chi connectivity index (χ0v) is 47.5. The Labute approximate surface area is 485 Å². The molecule has 9 rings (SSSR count). The predicted molar refractivity (Wildman–Crippen MR) is 299 cm³/mol. The third-order valence-corrected chi connectivity index (χ3v) is 11.1. The van der Waals surface area contributed by atoms with Gasteiger partial charge in [0.05, 0.1) is 37.9 Å². The molecule has 25 heteroatoms. The molecule has 1 amide bonds. The number of halogens is 5. The van der Waals surface area contributed by atoms with E-state index in [2.05, 4.69) is 36.7 Å². The highest BCUT2D eigenvalue weighted by Gasteiger charge is 2.35. The third kappa shape index (κ3) is 27.7. The van der Waals surface area contributed by atoms with Gasteiger partial charge in [0.2, 0.25) is 5.88 Å². The number of methoxy groups -OCH3 is 1. The molecule has 0 saturated heterocycles. The highest BCUT2D eigenvalue weighted by Crippen LogP contribution is 2.23. The number of benzene rings is 4. The van der Waals surface area contributed by atoms with Crippen LogP contribution in [0.25, 0.3) is 0 Å². The smallest absolute Gasteiger partial charge is 0.465 e. The molecule has 4 heterocycles. The molecule has 0 atom stereocenters. The Bertz CT molecular complexity index is 3230. The zero-order valence-electron chi connectivity index (χ0n) is 46.0. The van der Waals surface area contributed by atoms with Gasteiger partial charge < -0.3 is 28.5 Å². The molecular formula is C58H61Cl2F3N7O13+. The standard InChI is InChI=1S/C12H12N2O2.C12H9NO2.C11H10N2O3.C8H6Cl2O2.C7H14.C6H5F3N2O3.C2H4O/c1-14-8-7-11(13-14)16-12(15)9-10-5-3-2-4-6-10;14-12(10-5-2-1-3-6-10)15-11-7-4-8-13-9-11;1-13-10(14)7-9(12-13)11(15)16-8-5-3-2-4-6-8;1-12-8(11)5-2-6(9)4-7(10)3-5;1-7-5-3-2-4-6-7;1-11-4(12)2-3(10-11)5(13)14-6(7,8)9;1-2-3/h2-8H,9H2,1H3;1-9H;2-6H,7H2,1H3;2-4H,1H3;7H,2-6H2,1H3;2,10H,1H3;2H,1H3/p+1. The van der Waals surface area contributed by atoms with Crippen molar-refractivity contribution in [3.05, 3.63) is 195 Å². The SMILES string of the molecule is CC1CCCCC1.CC=O.CN1[NH+]=C(C(=O)Oc2ccccc2)CC1=O.COC(=O)c1cc(Cl)cc(Cl)c1.Cn1[nH]c(C(=O)OC(F)(F)F)cc1=O.Cn1ccc(OC(=O)Cc2ccccc2)n1.O=C(Oc1cccnc1)c1ccccc1. The van der Waals surface area contributed by atoms with Crippen molar-refractivity contribution in [2.75, 3.05) is 14.2 Å². The lowest BCUT2D eigenvalue weighted by molar-refractivity contribution is -0.608. The first kappa shape index (κ1) is 68.1. The van der Waals surface area contributed by atoms with Crippen LogP contribution < -0.4 is 24.9 Å². The van der Waals surface area contributed by atoms with Gasteiger partial charge in [-0.05, 0) is 73.0 Å². The summed E-state index contributed by atoms with van der Waals surface area (Å²) in [5, 5.41) is 10.8. The highest BCUT2D eigenvalue weighted by molar-refractivity contribution is 6.38. The molecule has 2 aliphatic rings. The number of nitrogens with zero attached hydrogens (tertiary/aromatic N) is 5. The molecule has 7 aromatic rings. The van der Waals surface area contributed by atoms with E-state index in [1.807, 2.05) is 42.5 Å². The summed E-state index contributed by atoms with van der Waals surface area (Å²) in [6.45, 7) is 3.80. The number of para-hydroxylation sites is 1. The molecule has 440 valence electrons. The van der Waals surface area contributed by atoms with Gasteiger partial charge in [-0.1, -0.05) is 129 Å². The van der Waals surface area contributed by atoms with E-state index in [-0.39, 0.29) is 36.4 Å². The van der Waals surface area contributed by atoms with E-state index in [0.29, 0.717) is 44.6 Å². The molecule has 3 aromatic heterocycles. The van der Waals surface area contributed by atoms with Crippen LogP contribution in [0.4, 0.5) is 13.2 Å². The molecule has 1 aliphatic carbocycles. The first-order valence-electron chi connectivity index (χ1n) is 25.1. The Morgan fingerprint density at radius 1 is 0.723 bits per heavy atom. The molecule has 1 fully saturated rings. The lowest BCUT2D eigenvalue weighted by Crippen LogP contribution is -2.80. The van der Waals surface area contributed by atoms with E-state index in [1.54, 1.807) is 104 Å². The number of nitrogens with one attached hydrogen (secondary N) is 2. The fourth-order valence-corrected chi connectivity index (χ4v) is 7.24. The summed E-state index contributed by atoms with van der Waals surface area (Å²) in [6, 6.07) is 37.4. The molecule has 0 spiro atoms. The van der Waals surface area contributed by atoms with Crippen LogP contribution in [0.2, 0.25) is 10.0 Å². The molecule has 83 heavy (non-hydrogen) atoms. The number of aromatic amines is 1. The molecule has 0 bridgehead atoms. The van der Waals surface area contributed by atoms with Gasteiger partial charge in [0.1, 0.15) is 29.9 Å². The van der Waals surface area contributed by atoms with E-state index in [0.717, 1.165) is 22.4 Å². The minimum atomic E-state index is -5.05. The first-order valence-corrected chi connectivity index (χ1v) is 25.8. The quantitative estimate of drug-likeness (QED) is 0.0779.